The van der Waals surface area contributed by atoms with Gasteiger partial charge in [-0.2, -0.15) is 0 Å². The minimum absolute atomic E-state index is 0.0929. The van der Waals surface area contributed by atoms with E-state index >= 15 is 0 Å². The highest BCUT2D eigenvalue weighted by Gasteiger charge is 2.24. The van der Waals surface area contributed by atoms with Crippen LogP contribution >= 0.6 is 33.9 Å². The fourth-order valence-corrected chi connectivity index (χ4v) is 3.81. The van der Waals surface area contributed by atoms with Gasteiger partial charge in [-0.3, -0.25) is 4.79 Å². The molecule has 20 heavy (non-hydrogen) atoms. The van der Waals surface area contributed by atoms with Gasteiger partial charge in [0.25, 0.3) is 5.91 Å². The molecule has 0 unspecified atom stereocenters. The van der Waals surface area contributed by atoms with E-state index in [4.69, 9.17) is 4.74 Å². The van der Waals surface area contributed by atoms with Gasteiger partial charge in [0.15, 0.2) is 0 Å². The maximum absolute atomic E-state index is 12.6. The first kappa shape index (κ1) is 13.9. The van der Waals surface area contributed by atoms with Crippen LogP contribution in [0.15, 0.2) is 29.6 Å². The summed E-state index contributed by atoms with van der Waals surface area (Å²) in [4.78, 5) is 14.5. The number of rotatable bonds is 2. The largest absolute Gasteiger partial charge is 0.497 e. The standard InChI is InChI=1S/C15H14INO2S/c1-19-12-4-5-13-10(7-12)3-2-6-17(13)15(18)11-8-14(16)20-9-11/h4-5,7-9H,2-3,6H2,1H3. The van der Waals surface area contributed by atoms with Crippen LogP contribution in [0.4, 0.5) is 5.69 Å². The number of fused-ring (bicyclic) bond motifs is 1. The molecule has 5 heteroatoms. The number of amides is 1. The van der Waals surface area contributed by atoms with Crippen molar-refractivity contribution in [3.63, 3.8) is 0 Å². The summed E-state index contributed by atoms with van der Waals surface area (Å²) in [6, 6.07) is 7.89. The molecule has 0 atom stereocenters. The predicted molar refractivity (Wildman–Crippen MR) is 90.0 cm³/mol. The SMILES string of the molecule is COc1ccc2c(c1)CCCN2C(=O)c1csc(I)c1. The summed E-state index contributed by atoms with van der Waals surface area (Å²) in [6.45, 7) is 0.782. The first-order valence-electron chi connectivity index (χ1n) is 6.42. The number of carbonyl (C=O) groups excluding carboxylic acids is 1. The van der Waals surface area contributed by atoms with Crippen molar-refractivity contribution >= 4 is 45.5 Å². The molecule has 1 aliphatic rings. The number of halogens is 1. The fraction of sp³-hybridized carbons (Fsp3) is 0.267. The number of anilines is 1. The van der Waals surface area contributed by atoms with Crippen molar-refractivity contribution in [1.29, 1.82) is 0 Å². The minimum atomic E-state index is 0.0929. The van der Waals surface area contributed by atoms with Crippen LogP contribution < -0.4 is 9.64 Å². The number of methoxy groups -OCH3 is 1. The molecule has 2 aromatic rings. The Labute approximate surface area is 135 Å². The first-order chi connectivity index (χ1) is 9.69. The van der Waals surface area contributed by atoms with E-state index in [0.717, 1.165) is 39.3 Å². The van der Waals surface area contributed by atoms with E-state index < -0.39 is 0 Å². The van der Waals surface area contributed by atoms with Crippen molar-refractivity contribution in [3.8, 4) is 5.75 Å². The lowest BCUT2D eigenvalue weighted by Crippen LogP contribution is -2.35. The lowest BCUT2D eigenvalue weighted by atomic mass is 10.0. The monoisotopic (exact) mass is 399 g/mol. The van der Waals surface area contributed by atoms with Crippen LogP contribution in [0.5, 0.6) is 5.75 Å². The zero-order chi connectivity index (χ0) is 14.1. The van der Waals surface area contributed by atoms with Crippen LogP contribution in [0.25, 0.3) is 0 Å². The van der Waals surface area contributed by atoms with E-state index in [1.165, 1.54) is 5.56 Å². The summed E-state index contributed by atoms with van der Waals surface area (Å²) in [6.07, 6.45) is 1.99. The number of carbonyl (C=O) groups is 1. The van der Waals surface area contributed by atoms with E-state index in [1.807, 2.05) is 34.5 Å². The molecule has 3 rings (SSSR count). The molecule has 1 aromatic carbocycles. The van der Waals surface area contributed by atoms with Gasteiger partial charge in [0, 0.05) is 17.6 Å². The Morgan fingerprint density at radius 3 is 2.95 bits per heavy atom. The fourth-order valence-electron chi connectivity index (χ4n) is 2.49. The maximum atomic E-state index is 12.6. The lowest BCUT2D eigenvalue weighted by Gasteiger charge is -2.29. The van der Waals surface area contributed by atoms with Crippen molar-refractivity contribution < 1.29 is 9.53 Å². The topological polar surface area (TPSA) is 29.5 Å². The molecule has 0 spiro atoms. The quantitative estimate of drug-likeness (QED) is 0.716. The average Bonchev–Trinajstić information content (AvgIpc) is 2.91. The molecule has 1 amide bonds. The molecule has 1 aromatic heterocycles. The van der Waals surface area contributed by atoms with Gasteiger partial charge >= 0.3 is 0 Å². The van der Waals surface area contributed by atoms with Crippen molar-refractivity contribution in [1.82, 2.24) is 0 Å². The Hall–Kier alpha value is -1.08. The average molecular weight is 399 g/mol. The number of hydrogen-bond donors (Lipinski definition) is 0. The summed E-state index contributed by atoms with van der Waals surface area (Å²) in [5.41, 5.74) is 2.99. The molecule has 1 aliphatic heterocycles. The summed E-state index contributed by atoms with van der Waals surface area (Å²) in [5, 5.41) is 1.93. The van der Waals surface area contributed by atoms with Crippen LogP contribution in [-0.2, 0) is 6.42 Å². The zero-order valence-electron chi connectivity index (χ0n) is 11.1. The molecule has 0 bridgehead atoms. The molecular weight excluding hydrogens is 385 g/mol. The van der Waals surface area contributed by atoms with Gasteiger partial charge in [0.1, 0.15) is 5.75 Å². The van der Waals surface area contributed by atoms with Crippen LogP contribution in [0.2, 0.25) is 0 Å². The smallest absolute Gasteiger partial charge is 0.259 e. The molecular formula is C15H14INO2S. The number of hydrogen-bond acceptors (Lipinski definition) is 3. The highest BCUT2D eigenvalue weighted by molar-refractivity contribution is 14.1. The molecule has 3 nitrogen and oxygen atoms in total. The van der Waals surface area contributed by atoms with Crippen molar-refractivity contribution in [2.45, 2.75) is 12.8 Å². The summed E-state index contributed by atoms with van der Waals surface area (Å²) in [5.74, 6) is 0.943. The van der Waals surface area contributed by atoms with Crippen LogP contribution in [0.3, 0.4) is 0 Å². The summed E-state index contributed by atoms with van der Waals surface area (Å²) >= 11 is 3.85. The second-order valence-corrected chi connectivity index (χ2v) is 7.50. The van der Waals surface area contributed by atoms with E-state index in [2.05, 4.69) is 22.6 Å². The highest BCUT2D eigenvalue weighted by Crippen LogP contribution is 2.32. The Kier molecular flexibility index (Phi) is 3.98. The third-order valence-electron chi connectivity index (χ3n) is 3.46. The second-order valence-electron chi connectivity index (χ2n) is 4.69. The minimum Gasteiger partial charge on any atom is -0.497 e. The third-order valence-corrected chi connectivity index (χ3v) is 5.25. The highest BCUT2D eigenvalue weighted by atomic mass is 127. The third kappa shape index (κ3) is 2.56. The molecule has 0 saturated heterocycles. The van der Waals surface area contributed by atoms with Gasteiger partial charge in [0.05, 0.1) is 15.6 Å². The Morgan fingerprint density at radius 2 is 2.25 bits per heavy atom. The summed E-state index contributed by atoms with van der Waals surface area (Å²) in [7, 11) is 1.67. The molecule has 0 fully saturated rings. The Morgan fingerprint density at radius 1 is 1.40 bits per heavy atom. The predicted octanol–water partition coefficient (Wildman–Crippen LogP) is 3.95. The number of benzene rings is 1. The molecule has 2 heterocycles. The zero-order valence-corrected chi connectivity index (χ0v) is 14.0. The van der Waals surface area contributed by atoms with Gasteiger partial charge < -0.3 is 9.64 Å². The lowest BCUT2D eigenvalue weighted by molar-refractivity contribution is 0.0985. The van der Waals surface area contributed by atoms with E-state index in [9.17, 15) is 4.79 Å². The van der Waals surface area contributed by atoms with Crippen molar-refractivity contribution in [2.75, 3.05) is 18.6 Å². The van der Waals surface area contributed by atoms with Gasteiger partial charge in [-0.05, 0) is 65.3 Å². The summed E-state index contributed by atoms with van der Waals surface area (Å²) < 4.78 is 6.40. The normalized spacial score (nSPS) is 14.0. The Bertz CT molecular complexity index is 653. The molecule has 0 saturated carbocycles. The van der Waals surface area contributed by atoms with E-state index in [-0.39, 0.29) is 5.91 Å². The van der Waals surface area contributed by atoms with Crippen LogP contribution in [-0.4, -0.2) is 19.6 Å². The van der Waals surface area contributed by atoms with Gasteiger partial charge in [-0.25, -0.2) is 0 Å². The van der Waals surface area contributed by atoms with Gasteiger partial charge in [0.2, 0.25) is 0 Å². The van der Waals surface area contributed by atoms with Crippen molar-refractivity contribution in [3.05, 3.63) is 43.7 Å². The number of thiophene rings is 1. The number of nitrogens with zero attached hydrogens (tertiary/aromatic N) is 1. The van der Waals surface area contributed by atoms with Crippen LogP contribution in [0.1, 0.15) is 22.3 Å². The van der Waals surface area contributed by atoms with Gasteiger partial charge in [-0.15, -0.1) is 11.3 Å². The molecule has 104 valence electrons. The van der Waals surface area contributed by atoms with Crippen molar-refractivity contribution in [2.24, 2.45) is 0 Å². The molecule has 0 N–H and O–H groups in total. The Balaban J connectivity index is 1.95. The first-order valence-corrected chi connectivity index (χ1v) is 8.37. The van der Waals surface area contributed by atoms with E-state index in [0.29, 0.717) is 0 Å². The number of ether oxygens (including phenoxy) is 1. The van der Waals surface area contributed by atoms with E-state index in [1.54, 1.807) is 18.4 Å². The maximum Gasteiger partial charge on any atom is 0.259 e. The second kappa shape index (κ2) is 5.73. The molecule has 0 radical (unpaired) electrons. The number of aryl methyl sites for hydroxylation is 1. The van der Waals surface area contributed by atoms with Gasteiger partial charge in [-0.1, -0.05) is 0 Å². The van der Waals surface area contributed by atoms with Crippen LogP contribution in [0, 0.1) is 2.88 Å². The molecule has 0 aliphatic carbocycles.